The molecule has 5 nitrogen and oxygen atoms in total. The summed E-state index contributed by atoms with van der Waals surface area (Å²) in [4.78, 5) is 13.6. The molecule has 1 fully saturated rings. The van der Waals surface area contributed by atoms with Gasteiger partial charge in [0.15, 0.2) is 0 Å². The largest absolute Gasteiger partial charge is 0.388 e. The minimum atomic E-state index is -0.847. The van der Waals surface area contributed by atoms with Gasteiger partial charge in [-0.3, -0.25) is 4.79 Å². The van der Waals surface area contributed by atoms with E-state index in [-0.39, 0.29) is 19.0 Å². The van der Waals surface area contributed by atoms with E-state index in [2.05, 4.69) is 5.32 Å². The number of carbonyl (C=O) groups excluding carboxylic acids is 1. The van der Waals surface area contributed by atoms with Gasteiger partial charge < -0.3 is 20.4 Å². The van der Waals surface area contributed by atoms with Crippen molar-refractivity contribution in [2.75, 3.05) is 25.5 Å². The second-order valence-electron chi connectivity index (χ2n) is 4.14. The quantitative estimate of drug-likeness (QED) is 0.671. The number of hydrogen-bond acceptors (Lipinski definition) is 4. The van der Waals surface area contributed by atoms with E-state index in [4.69, 9.17) is 0 Å². The number of nitrogens with one attached hydrogen (secondary N) is 1. The third-order valence-corrected chi connectivity index (χ3v) is 2.97. The lowest BCUT2D eigenvalue weighted by atomic mass is 10.1. The van der Waals surface area contributed by atoms with E-state index >= 15 is 0 Å². The van der Waals surface area contributed by atoms with Crippen molar-refractivity contribution >= 4 is 11.6 Å². The van der Waals surface area contributed by atoms with Gasteiger partial charge in [0.1, 0.15) is 0 Å². The number of nitrogens with zero attached hydrogens (tertiary/aromatic N) is 1. The molecule has 2 rings (SSSR count). The van der Waals surface area contributed by atoms with Crippen LogP contribution in [0.2, 0.25) is 0 Å². The van der Waals surface area contributed by atoms with Crippen molar-refractivity contribution in [3.8, 4) is 0 Å². The van der Waals surface area contributed by atoms with Crippen LogP contribution in [0.4, 0.5) is 5.69 Å². The molecule has 3 N–H and O–H groups in total. The summed E-state index contributed by atoms with van der Waals surface area (Å²) in [5, 5.41) is 21.8. The molecule has 1 amide bonds. The standard InChI is InChI=1S/C12H16N2O3/c1-13-9-5-3-2-4-8(9)12(17)14-6-10(15)11(16)7-14/h2-5,10-11,13,15-16H,6-7H2,1H3/t10-,11+. The molecule has 0 aliphatic carbocycles. The van der Waals surface area contributed by atoms with Gasteiger partial charge in [0.2, 0.25) is 0 Å². The maximum absolute atomic E-state index is 12.2. The van der Waals surface area contributed by atoms with Crippen molar-refractivity contribution in [3.05, 3.63) is 29.8 Å². The number of aliphatic hydroxyl groups is 2. The molecule has 0 saturated carbocycles. The molecule has 92 valence electrons. The summed E-state index contributed by atoms with van der Waals surface area (Å²) < 4.78 is 0. The zero-order valence-electron chi connectivity index (χ0n) is 9.63. The van der Waals surface area contributed by atoms with Crippen LogP contribution in [-0.4, -0.2) is 53.4 Å². The minimum absolute atomic E-state index is 0.175. The molecule has 1 aliphatic rings. The molecular weight excluding hydrogens is 220 g/mol. The van der Waals surface area contributed by atoms with Gasteiger partial charge >= 0.3 is 0 Å². The highest BCUT2D eigenvalue weighted by molar-refractivity contribution is 5.99. The molecule has 2 atom stereocenters. The molecular formula is C12H16N2O3. The van der Waals surface area contributed by atoms with Crippen LogP contribution in [0.5, 0.6) is 0 Å². The van der Waals surface area contributed by atoms with E-state index in [1.165, 1.54) is 4.90 Å². The van der Waals surface area contributed by atoms with Crippen LogP contribution in [0.15, 0.2) is 24.3 Å². The number of β-amino-alcohol motifs (C(OH)–C–C–N with tert-alkyl or cyclic N) is 2. The average molecular weight is 236 g/mol. The third-order valence-electron chi connectivity index (χ3n) is 2.97. The first kappa shape index (κ1) is 11.9. The Morgan fingerprint density at radius 3 is 2.47 bits per heavy atom. The molecule has 0 bridgehead atoms. The van der Waals surface area contributed by atoms with E-state index in [1.807, 2.05) is 12.1 Å². The Bertz CT molecular complexity index is 412. The maximum atomic E-state index is 12.2. The van der Waals surface area contributed by atoms with E-state index in [0.29, 0.717) is 5.56 Å². The van der Waals surface area contributed by atoms with Crippen molar-refractivity contribution < 1.29 is 15.0 Å². The Balaban J connectivity index is 2.20. The second-order valence-corrected chi connectivity index (χ2v) is 4.14. The summed E-state index contributed by atoms with van der Waals surface area (Å²) in [5.74, 6) is -0.175. The van der Waals surface area contributed by atoms with Gasteiger partial charge in [0, 0.05) is 25.8 Å². The highest BCUT2D eigenvalue weighted by Crippen LogP contribution is 2.19. The fraction of sp³-hybridized carbons (Fsp3) is 0.417. The SMILES string of the molecule is CNc1ccccc1C(=O)N1C[C@@H](O)[C@@H](O)C1. The molecule has 1 heterocycles. The molecule has 1 aliphatic heterocycles. The fourth-order valence-electron chi connectivity index (χ4n) is 1.99. The Hall–Kier alpha value is -1.59. The number of benzene rings is 1. The number of rotatable bonds is 2. The Morgan fingerprint density at radius 2 is 1.88 bits per heavy atom. The lowest BCUT2D eigenvalue weighted by Gasteiger charge is -2.17. The van der Waals surface area contributed by atoms with Crippen LogP contribution < -0.4 is 5.32 Å². The van der Waals surface area contributed by atoms with Gasteiger partial charge in [-0.2, -0.15) is 0 Å². The number of amides is 1. The van der Waals surface area contributed by atoms with Crippen molar-refractivity contribution in [3.63, 3.8) is 0 Å². The highest BCUT2D eigenvalue weighted by atomic mass is 16.3. The second kappa shape index (κ2) is 4.73. The first-order valence-corrected chi connectivity index (χ1v) is 5.55. The van der Waals surface area contributed by atoms with Crippen molar-refractivity contribution in [1.82, 2.24) is 4.90 Å². The van der Waals surface area contributed by atoms with E-state index < -0.39 is 12.2 Å². The van der Waals surface area contributed by atoms with E-state index in [0.717, 1.165) is 5.69 Å². The molecule has 17 heavy (non-hydrogen) atoms. The molecule has 1 saturated heterocycles. The van der Waals surface area contributed by atoms with Crippen LogP contribution in [0.3, 0.4) is 0 Å². The summed E-state index contributed by atoms with van der Waals surface area (Å²) >= 11 is 0. The number of carbonyl (C=O) groups is 1. The van der Waals surface area contributed by atoms with Crippen LogP contribution >= 0.6 is 0 Å². The number of likely N-dealkylation sites (tertiary alicyclic amines) is 1. The molecule has 1 aromatic carbocycles. The van der Waals surface area contributed by atoms with Crippen molar-refractivity contribution in [2.24, 2.45) is 0 Å². The van der Waals surface area contributed by atoms with Gasteiger partial charge in [0.25, 0.3) is 5.91 Å². The normalized spacial score (nSPS) is 23.8. The number of anilines is 1. The van der Waals surface area contributed by atoms with Crippen LogP contribution in [0.1, 0.15) is 10.4 Å². The minimum Gasteiger partial charge on any atom is -0.388 e. The molecule has 0 unspecified atom stereocenters. The summed E-state index contributed by atoms with van der Waals surface area (Å²) in [5.41, 5.74) is 1.30. The molecule has 1 aromatic rings. The number of hydrogen-bond donors (Lipinski definition) is 3. The Labute approximate surface area is 99.7 Å². The van der Waals surface area contributed by atoms with Crippen LogP contribution in [-0.2, 0) is 0 Å². The van der Waals surface area contributed by atoms with Crippen molar-refractivity contribution in [2.45, 2.75) is 12.2 Å². The molecule has 0 radical (unpaired) electrons. The predicted octanol–water partition coefficient (Wildman–Crippen LogP) is -0.0941. The summed E-state index contributed by atoms with van der Waals surface area (Å²) in [6, 6.07) is 7.18. The van der Waals surface area contributed by atoms with Gasteiger partial charge in [0.05, 0.1) is 17.8 Å². The van der Waals surface area contributed by atoms with Gasteiger partial charge in [-0.1, -0.05) is 12.1 Å². The van der Waals surface area contributed by atoms with Gasteiger partial charge in [-0.15, -0.1) is 0 Å². The lowest BCUT2D eigenvalue weighted by Crippen LogP contribution is -2.30. The van der Waals surface area contributed by atoms with E-state index in [9.17, 15) is 15.0 Å². The van der Waals surface area contributed by atoms with Crippen molar-refractivity contribution in [1.29, 1.82) is 0 Å². The summed E-state index contributed by atoms with van der Waals surface area (Å²) in [6.45, 7) is 0.357. The number of para-hydroxylation sites is 1. The maximum Gasteiger partial charge on any atom is 0.256 e. The Kier molecular flexibility index (Phi) is 3.31. The monoisotopic (exact) mass is 236 g/mol. The topological polar surface area (TPSA) is 72.8 Å². The molecule has 5 heteroatoms. The first-order valence-electron chi connectivity index (χ1n) is 5.55. The van der Waals surface area contributed by atoms with Crippen LogP contribution in [0.25, 0.3) is 0 Å². The Morgan fingerprint density at radius 1 is 1.29 bits per heavy atom. The van der Waals surface area contributed by atoms with E-state index in [1.54, 1.807) is 19.2 Å². The average Bonchev–Trinajstić information content (AvgIpc) is 2.68. The smallest absolute Gasteiger partial charge is 0.256 e. The van der Waals surface area contributed by atoms with Crippen LogP contribution in [0, 0.1) is 0 Å². The number of aliphatic hydroxyl groups excluding tert-OH is 2. The third kappa shape index (κ3) is 2.25. The predicted molar refractivity (Wildman–Crippen MR) is 63.9 cm³/mol. The molecule has 0 spiro atoms. The fourth-order valence-corrected chi connectivity index (χ4v) is 1.99. The van der Waals surface area contributed by atoms with Gasteiger partial charge in [-0.05, 0) is 12.1 Å². The summed E-state index contributed by atoms with van der Waals surface area (Å²) in [7, 11) is 1.75. The zero-order chi connectivity index (χ0) is 12.4. The molecule has 0 aromatic heterocycles. The zero-order valence-corrected chi connectivity index (χ0v) is 9.63. The van der Waals surface area contributed by atoms with Gasteiger partial charge in [-0.25, -0.2) is 0 Å². The highest BCUT2D eigenvalue weighted by Gasteiger charge is 2.33. The first-order chi connectivity index (χ1) is 8.13. The lowest BCUT2D eigenvalue weighted by molar-refractivity contribution is 0.0572. The summed E-state index contributed by atoms with van der Waals surface area (Å²) in [6.07, 6.45) is -1.69.